The van der Waals surface area contributed by atoms with Crippen LogP contribution in [0.15, 0.2) is 36.7 Å². The van der Waals surface area contributed by atoms with Gasteiger partial charge in [0.25, 0.3) is 5.91 Å². The molecule has 1 saturated heterocycles. The average Bonchev–Trinajstić information content (AvgIpc) is 3.10. The maximum Gasteiger partial charge on any atom is 0.251 e. The predicted octanol–water partition coefficient (Wildman–Crippen LogP) is 1.04. The van der Waals surface area contributed by atoms with Gasteiger partial charge in [0.15, 0.2) is 0 Å². The number of rotatable bonds is 3. The molecule has 0 bridgehead atoms. The molecule has 2 amide bonds. The molecule has 3 rings (SSSR count). The summed E-state index contributed by atoms with van der Waals surface area (Å²) in [5.41, 5.74) is 2.44. The Morgan fingerprint density at radius 3 is 2.95 bits per heavy atom. The summed E-state index contributed by atoms with van der Waals surface area (Å²) in [4.78, 5) is 25.4. The second kappa shape index (κ2) is 5.40. The monoisotopic (exact) mass is 284 g/mol. The number of likely N-dealkylation sites (N-methyl/N-ethyl adjacent to an activating group) is 1. The van der Waals surface area contributed by atoms with E-state index in [4.69, 9.17) is 0 Å². The fourth-order valence-corrected chi connectivity index (χ4v) is 2.48. The number of aromatic nitrogens is 2. The molecule has 0 unspecified atom stereocenters. The van der Waals surface area contributed by atoms with Crippen LogP contribution in [0.2, 0.25) is 0 Å². The molecule has 1 aliphatic rings. The standard InChI is InChI=1S/C15H16N4O2/c1-19-9-13(6-14(19)20)18-15(21)11-4-2-3-10(5-11)12-7-16-17-8-12/h2-5,7-8,13H,6,9H2,1H3,(H,16,17)(H,18,21)/t13-/m1/s1. The van der Waals surface area contributed by atoms with Crippen LogP contribution in [-0.2, 0) is 4.79 Å². The summed E-state index contributed by atoms with van der Waals surface area (Å²) in [5.74, 6) is -0.0964. The van der Waals surface area contributed by atoms with Crippen LogP contribution in [0.1, 0.15) is 16.8 Å². The van der Waals surface area contributed by atoms with E-state index in [0.717, 1.165) is 11.1 Å². The fraction of sp³-hybridized carbons (Fsp3) is 0.267. The summed E-state index contributed by atoms with van der Waals surface area (Å²) in [6, 6.07) is 7.23. The minimum atomic E-state index is -0.159. The van der Waals surface area contributed by atoms with Crippen LogP contribution >= 0.6 is 0 Å². The largest absolute Gasteiger partial charge is 0.347 e. The Balaban J connectivity index is 1.73. The number of nitrogens with one attached hydrogen (secondary N) is 2. The zero-order valence-corrected chi connectivity index (χ0v) is 11.7. The van der Waals surface area contributed by atoms with Crippen LogP contribution in [0.5, 0.6) is 0 Å². The highest BCUT2D eigenvalue weighted by molar-refractivity contribution is 5.96. The van der Waals surface area contributed by atoms with Crippen molar-refractivity contribution in [2.24, 2.45) is 0 Å². The van der Waals surface area contributed by atoms with E-state index in [1.165, 1.54) is 0 Å². The summed E-state index contributed by atoms with van der Waals surface area (Å²) < 4.78 is 0. The third-order valence-electron chi connectivity index (χ3n) is 3.63. The molecule has 1 aromatic heterocycles. The fourth-order valence-electron chi connectivity index (χ4n) is 2.48. The highest BCUT2D eigenvalue weighted by Crippen LogP contribution is 2.19. The number of amides is 2. The van der Waals surface area contributed by atoms with Gasteiger partial charge in [0.1, 0.15) is 0 Å². The summed E-state index contributed by atoms with van der Waals surface area (Å²) in [6.45, 7) is 0.562. The molecule has 21 heavy (non-hydrogen) atoms. The van der Waals surface area contributed by atoms with Crippen molar-refractivity contribution in [3.63, 3.8) is 0 Å². The Kier molecular flexibility index (Phi) is 3.43. The lowest BCUT2D eigenvalue weighted by Crippen LogP contribution is -2.36. The minimum Gasteiger partial charge on any atom is -0.347 e. The normalized spacial score (nSPS) is 18.0. The highest BCUT2D eigenvalue weighted by Gasteiger charge is 2.28. The number of aromatic amines is 1. The lowest BCUT2D eigenvalue weighted by molar-refractivity contribution is -0.126. The zero-order chi connectivity index (χ0) is 14.8. The smallest absolute Gasteiger partial charge is 0.251 e. The van der Waals surface area contributed by atoms with Gasteiger partial charge >= 0.3 is 0 Å². The Hall–Kier alpha value is -2.63. The molecule has 1 aliphatic heterocycles. The van der Waals surface area contributed by atoms with Gasteiger partial charge in [-0.15, -0.1) is 0 Å². The van der Waals surface area contributed by atoms with Crippen LogP contribution in [-0.4, -0.2) is 46.5 Å². The van der Waals surface area contributed by atoms with E-state index in [1.807, 2.05) is 18.2 Å². The number of hydrogen-bond acceptors (Lipinski definition) is 3. The minimum absolute atomic E-state index is 0.0625. The highest BCUT2D eigenvalue weighted by atomic mass is 16.2. The van der Waals surface area contributed by atoms with Crippen molar-refractivity contribution in [1.82, 2.24) is 20.4 Å². The van der Waals surface area contributed by atoms with E-state index in [0.29, 0.717) is 18.5 Å². The quantitative estimate of drug-likeness (QED) is 0.884. The topological polar surface area (TPSA) is 78.1 Å². The molecule has 0 spiro atoms. The molecule has 1 atom stereocenters. The molecule has 0 radical (unpaired) electrons. The van der Waals surface area contributed by atoms with E-state index < -0.39 is 0 Å². The summed E-state index contributed by atoms with van der Waals surface area (Å²) in [7, 11) is 1.74. The zero-order valence-electron chi connectivity index (χ0n) is 11.7. The number of H-pyrrole nitrogens is 1. The molecule has 6 nitrogen and oxygen atoms in total. The van der Waals surface area contributed by atoms with E-state index in [2.05, 4.69) is 15.5 Å². The van der Waals surface area contributed by atoms with Crippen molar-refractivity contribution in [2.75, 3.05) is 13.6 Å². The lowest BCUT2D eigenvalue weighted by atomic mass is 10.1. The van der Waals surface area contributed by atoms with Gasteiger partial charge in [0, 0.05) is 37.3 Å². The van der Waals surface area contributed by atoms with Crippen molar-refractivity contribution >= 4 is 11.8 Å². The maximum absolute atomic E-state index is 12.3. The SMILES string of the molecule is CN1C[C@H](NC(=O)c2cccc(-c3cn[nH]c3)c2)CC1=O. The van der Waals surface area contributed by atoms with Gasteiger partial charge in [-0.25, -0.2) is 0 Å². The summed E-state index contributed by atoms with van der Waals surface area (Å²) in [6.07, 6.45) is 3.85. The third-order valence-corrected chi connectivity index (χ3v) is 3.63. The van der Waals surface area contributed by atoms with Crippen molar-refractivity contribution in [3.05, 3.63) is 42.2 Å². The van der Waals surface area contributed by atoms with Crippen molar-refractivity contribution < 1.29 is 9.59 Å². The Morgan fingerprint density at radius 2 is 2.29 bits per heavy atom. The van der Waals surface area contributed by atoms with Crippen LogP contribution in [0.3, 0.4) is 0 Å². The Bertz CT molecular complexity index is 666. The van der Waals surface area contributed by atoms with Gasteiger partial charge in [-0.3, -0.25) is 14.7 Å². The number of carbonyl (C=O) groups excluding carboxylic acids is 2. The van der Waals surface area contributed by atoms with Crippen LogP contribution in [0.4, 0.5) is 0 Å². The van der Waals surface area contributed by atoms with E-state index >= 15 is 0 Å². The number of benzene rings is 1. The lowest BCUT2D eigenvalue weighted by Gasteiger charge is -2.12. The van der Waals surface area contributed by atoms with E-state index in [9.17, 15) is 9.59 Å². The molecular weight excluding hydrogens is 268 g/mol. The Morgan fingerprint density at radius 1 is 1.43 bits per heavy atom. The van der Waals surface area contributed by atoms with Gasteiger partial charge in [0.05, 0.1) is 12.2 Å². The molecule has 2 aromatic rings. The number of likely N-dealkylation sites (tertiary alicyclic amines) is 1. The first-order chi connectivity index (χ1) is 10.1. The average molecular weight is 284 g/mol. The van der Waals surface area contributed by atoms with E-state index in [1.54, 1.807) is 30.4 Å². The molecule has 1 fully saturated rings. The summed E-state index contributed by atoms with van der Waals surface area (Å²) >= 11 is 0. The van der Waals surface area contributed by atoms with Gasteiger partial charge in [-0.1, -0.05) is 12.1 Å². The number of carbonyl (C=O) groups is 2. The second-order valence-corrected chi connectivity index (χ2v) is 5.22. The van der Waals surface area contributed by atoms with Gasteiger partial charge in [-0.2, -0.15) is 5.10 Å². The van der Waals surface area contributed by atoms with Crippen LogP contribution in [0.25, 0.3) is 11.1 Å². The molecule has 2 heterocycles. The van der Waals surface area contributed by atoms with Crippen molar-refractivity contribution in [1.29, 1.82) is 0 Å². The summed E-state index contributed by atoms with van der Waals surface area (Å²) in [5, 5.41) is 9.56. The molecule has 0 saturated carbocycles. The van der Waals surface area contributed by atoms with Gasteiger partial charge < -0.3 is 10.2 Å². The Labute approximate surface area is 122 Å². The maximum atomic E-state index is 12.3. The first-order valence-electron chi connectivity index (χ1n) is 6.77. The number of hydrogen-bond donors (Lipinski definition) is 2. The van der Waals surface area contributed by atoms with Crippen LogP contribution < -0.4 is 5.32 Å². The molecule has 2 N–H and O–H groups in total. The first-order valence-corrected chi connectivity index (χ1v) is 6.77. The first kappa shape index (κ1) is 13.4. The molecule has 1 aromatic carbocycles. The number of nitrogens with zero attached hydrogens (tertiary/aromatic N) is 2. The molecular formula is C15H16N4O2. The van der Waals surface area contributed by atoms with Gasteiger partial charge in [0.2, 0.25) is 5.91 Å². The molecule has 6 heteroatoms. The predicted molar refractivity (Wildman–Crippen MR) is 77.5 cm³/mol. The van der Waals surface area contributed by atoms with Crippen molar-refractivity contribution in [2.45, 2.75) is 12.5 Å². The molecule has 0 aliphatic carbocycles. The third kappa shape index (κ3) is 2.79. The molecule has 108 valence electrons. The van der Waals surface area contributed by atoms with Crippen LogP contribution in [0, 0.1) is 0 Å². The van der Waals surface area contributed by atoms with E-state index in [-0.39, 0.29) is 17.9 Å². The second-order valence-electron chi connectivity index (χ2n) is 5.22. The van der Waals surface area contributed by atoms with Crippen molar-refractivity contribution in [3.8, 4) is 11.1 Å². The van der Waals surface area contributed by atoms with Gasteiger partial charge in [-0.05, 0) is 17.7 Å².